The summed E-state index contributed by atoms with van der Waals surface area (Å²) in [4.78, 5) is 13.2. The van der Waals surface area contributed by atoms with Crippen molar-refractivity contribution in [3.63, 3.8) is 0 Å². The van der Waals surface area contributed by atoms with E-state index in [1.165, 1.54) is 0 Å². The van der Waals surface area contributed by atoms with Crippen LogP contribution in [0.5, 0.6) is 0 Å². The number of hydrogen-bond acceptors (Lipinski definition) is 5. The van der Waals surface area contributed by atoms with Crippen molar-refractivity contribution in [2.75, 3.05) is 6.61 Å². The Morgan fingerprint density at radius 2 is 2.11 bits per heavy atom. The van der Waals surface area contributed by atoms with E-state index >= 15 is 0 Å². The highest BCUT2D eigenvalue weighted by Crippen LogP contribution is 2.21. The molecule has 0 saturated carbocycles. The second-order valence-corrected chi connectivity index (χ2v) is 7.28. The zero-order chi connectivity index (χ0) is 14.0. The molecule has 104 valence electrons. The molecular weight excluding hydrogens is 276 g/mol. The van der Waals surface area contributed by atoms with Crippen LogP contribution in [0.3, 0.4) is 0 Å². The first-order valence-electron chi connectivity index (χ1n) is 5.58. The van der Waals surface area contributed by atoms with Crippen LogP contribution in [-0.2, 0) is 10.0 Å². The Morgan fingerprint density at radius 1 is 1.50 bits per heavy atom. The lowest BCUT2D eigenvalue weighted by atomic mass is 9.97. The molecule has 0 aliphatic rings. The second kappa shape index (κ2) is 5.52. The van der Waals surface area contributed by atoms with Crippen LogP contribution in [0.25, 0.3) is 0 Å². The van der Waals surface area contributed by atoms with Gasteiger partial charge in [-0.3, -0.25) is 4.79 Å². The fourth-order valence-electron chi connectivity index (χ4n) is 1.56. The Balaban J connectivity index is 3.09. The van der Waals surface area contributed by atoms with Crippen LogP contribution in [0.4, 0.5) is 0 Å². The minimum atomic E-state index is -3.74. The molecule has 0 saturated heterocycles. The standard InChI is InChI=1S/C10H18N2O4S2/c1-4-10(3,5-6-13)12-18(15,16)8-7(2)11-9(14)17-8/h12-13H,4-6H2,1-3H3,(H,11,14). The van der Waals surface area contributed by atoms with Crippen LogP contribution >= 0.6 is 11.3 Å². The van der Waals surface area contributed by atoms with Crippen molar-refractivity contribution < 1.29 is 13.5 Å². The number of sulfonamides is 1. The van der Waals surface area contributed by atoms with Gasteiger partial charge >= 0.3 is 4.87 Å². The van der Waals surface area contributed by atoms with E-state index in [-0.39, 0.29) is 10.8 Å². The van der Waals surface area contributed by atoms with Gasteiger partial charge in [-0.05, 0) is 26.7 Å². The number of aliphatic hydroxyl groups excluding tert-OH is 1. The van der Waals surface area contributed by atoms with Gasteiger partial charge in [0.2, 0.25) is 0 Å². The molecule has 1 heterocycles. The van der Waals surface area contributed by atoms with Crippen LogP contribution in [0.15, 0.2) is 9.00 Å². The molecule has 0 aliphatic heterocycles. The third kappa shape index (κ3) is 3.41. The molecule has 0 aromatic carbocycles. The van der Waals surface area contributed by atoms with E-state index in [0.29, 0.717) is 29.9 Å². The van der Waals surface area contributed by atoms with E-state index < -0.39 is 20.4 Å². The zero-order valence-electron chi connectivity index (χ0n) is 10.6. The number of thiazole rings is 1. The lowest BCUT2D eigenvalue weighted by molar-refractivity contribution is 0.233. The van der Waals surface area contributed by atoms with Crippen LogP contribution < -0.4 is 9.60 Å². The lowest BCUT2D eigenvalue weighted by Gasteiger charge is -2.28. The molecule has 8 heteroatoms. The number of aromatic nitrogens is 1. The molecule has 3 N–H and O–H groups in total. The molecule has 0 bridgehead atoms. The minimum Gasteiger partial charge on any atom is -0.396 e. The molecule has 1 aromatic heterocycles. The van der Waals surface area contributed by atoms with Gasteiger partial charge in [-0.1, -0.05) is 18.3 Å². The molecule has 0 aliphatic carbocycles. The van der Waals surface area contributed by atoms with Crippen molar-refractivity contribution in [3.05, 3.63) is 15.4 Å². The van der Waals surface area contributed by atoms with Gasteiger partial charge < -0.3 is 10.1 Å². The van der Waals surface area contributed by atoms with Gasteiger partial charge in [0.25, 0.3) is 10.0 Å². The van der Waals surface area contributed by atoms with E-state index in [4.69, 9.17) is 5.11 Å². The molecule has 1 aromatic rings. The summed E-state index contributed by atoms with van der Waals surface area (Å²) in [5.74, 6) is 0. The largest absolute Gasteiger partial charge is 0.396 e. The highest BCUT2D eigenvalue weighted by atomic mass is 32.2. The maximum atomic E-state index is 12.2. The van der Waals surface area contributed by atoms with Crippen molar-refractivity contribution in [2.24, 2.45) is 0 Å². The summed E-state index contributed by atoms with van der Waals surface area (Å²) in [6, 6.07) is 0. The van der Waals surface area contributed by atoms with Gasteiger partial charge in [0, 0.05) is 17.8 Å². The monoisotopic (exact) mass is 294 g/mol. The van der Waals surface area contributed by atoms with E-state index in [1.54, 1.807) is 13.8 Å². The average molecular weight is 294 g/mol. The Kier molecular flexibility index (Phi) is 4.71. The lowest BCUT2D eigenvalue weighted by Crippen LogP contribution is -2.45. The van der Waals surface area contributed by atoms with Crippen LogP contribution in [-0.4, -0.2) is 30.7 Å². The van der Waals surface area contributed by atoms with Crippen molar-refractivity contribution in [3.8, 4) is 0 Å². The number of nitrogens with one attached hydrogen (secondary N) is 2. The van der Waals surface area contributed by atoms with Crippen molar-refractivity contribution in [1.82, 2.24) is 9.71 Å². The van der Waals surface area contributed by atoms with Gasteiger partial charge in [-0.25, -0.2) is 13.1 Å². The summed E-state index contributed by atoms with van der Waals surface area (Å²) < 4.78 is 26.9. The molecule has 6 nitrogen and oxygen atoms in total. The average Bonchev–Trinajstić information content (AvgIpc) is 2.58. The van der Waals surface area contributed by atoms with Gasteiger partial charge in [-0.2, -0.15) is 0 Å². The smallest absolute Gasteiger partial charge is 0.305 e. The third-order valence-corrected chi connectivity index (χ3v) is 6.09. The van der Waals surface area contributed by atoms with E-state index in [2.05, 4.69) is 9.71 Å². The normalized spacial score (nSPS) is 15.6. The summed E-state index contributed by atoms with van der Waals surface area (Å²) >= 11 is 0.666. The van der Waals surface area contributed by atoms with Gasteiger partial charge in [0.1, 0.15) is 0 Å². The van der Waals surface area contributed by atoms with Crippen molar-refractivity contribution >= 4 is 21.4 Å². The van der Waals surface area contributed by atoms with Gasteiger partial charge in [0.15, 0.2) is 4.21 Å². The maximum absolute atomic E-state index is 12.2. The minimum absolute atomic E-state index is 0.00474. The summed E-state index contributed by atoms with van der Waals surface area (Å²) in [5, 5.41) is 8.97. The van der Waals surface area contributed by atoms with E-state index in [0.717, 1.165) is 0 Å². The summed E-state index contributed by atoms with van der Waals surface area (Å²) in [6.45, 7) is 5.01. The van der Waals surface area contributed by atoms with Crippen molar-refractivity contribution in [2.45, 2.75) is 43.4 Å². The van der Waals surface area contributed by atoms with Crippen LogP contribution in [0.2, 0.25) is 0 Å². The third-order valence-electron chi connectivity index (χ3n) is 2.85. The number of rotatable bonds is 6. The number of hydrogen-bond donors (Lipinski definition) is 3. The quantitative estimate of drug-likeness (QED) is 0.714. The first-order chi connectivity index (χ1) is 8.24. The molecule has 0 amide bonds. The molecule has 0 spiro atoms. The Labute approximate surface area is 110 Å². The predicted molar refractivity (Wildman–Crippen MR) is 70.4 cm³/mol. The number of aromatic amines is 1. The van der Waals surface area contributed by atoms with Crippen LogP contribution in [0.1, 0.15) is 32.4 Å². The maximum Gasteiger partial charge on any atom is 0.305 e. The first-order valence-corrected chi connectivity index (χ1v) is 7.88. The Bertz CT molecular complexity index is 561. The zero-order valence-corrected chi connectivity index (χ0v) is 12.2. The summed E-state index contributed by atoms with van der Waals surface area (Å²) in [7, 11) is -3.74. The fourth-order valence-corrected chi connectivity index (χ4v) is 4.37. The first kappa shape index (κ1) is 15.4. The summed E-state index contributed by atoms with van der Waals surface area (Å²) in [5.41, 5.74) is -0.382. The number of aliphatic hydroxyl groups is 1. The van der Waals surface area contributed by atoms with Gasteiger partial charge in [-0.15, -0.1) is 0 Å². The fraction of sp³-hybridized carbons (Fsp3) is 0.700. The van der Waals surface area contributed by atoms with E-state index in [9.17, 15) is 13.2 Å². The molecule has 0 fully saturated rings. The van der Waals surface area contributed by atoms with Crippen molar-refractivity contribution in [1.29, 1.82) is 0 Å². The molecule has 1 rings (SSSR count). The molecule has 0 radical (unpaired) electrons. The number of aryl methyl sites for hydroxylation is 1. The highest BCUT2D eigenvalue weighted by Gasteiger charge is 2.30. The molecule has 1 atom stereocenters. The Hall–Kier alpha value is -0.700. The molecule has 18 heavy (non-hydrogen) atoms. The summed E-state index contributed by atoms with van der Waals surface area (Å²) in [6.07, 6.45) is 0.867. The number of H-pyrrole nitrogens is 1. The van der Waals surface area contributed by atoms with Gasteiger partial charge in [0.05, 0.1) is 0 Å². The molecular formula is C10H18N2O4S2. The predicted octanol–water partition coefficient (Wildman–Crippen LogP) is 0.574. The topological polar surface area (TPSA) is 99.3 Å². The second-order valence-electron chi connectivity index (χ2n) is 4.42. The Morgan fingerprint density at radius 3 is 2.50 bits per heavy atom. The van der Waals surface area contributed by atoms with E-state index in [1.807, 2.05) is 6.92 Å². The highest BCUT2D eigenvalue weighted by molar-refractivity contribution is 7.91. The molecule has 1 unspecified atom stereocenters. The SMILES string of the molecule is CCC(C)(CCO)NS(=O)(=O)c1sc(=O)[nH]c1C. The van der Waals surface area contributed by atoms with Crippen LogP contribution in [0, 0.1) is 6.92 Å².